The van der Waals surface area contributed by atoms with Crippen molar-refractivity contribution >= 4 is 21.7 Å². The Labute approximate surface area is 119 Å². The third kappa shape index (κ3) is 5.32. The van der Waals surface area contributed by atoms with Gasteiger partial charge in [-0.05, 0) is 44.6 Å². The summed E-state index contributed by atoms with van der Waals surface area (Å²) in [6.45, 7) is 7.58. The van der Waals surface area contributed by atoms with Crippen LogP contribution in [0.2, 0.25) is 0 Å². The number of benzene rings is 1. The molecule has 0 aromatic heterocycles. The second-order valence-electron chi connectivity index (χ2n) is 4.47. The maximum atomic E-state index is 11.9. The number of halogens is 1. The summed E-state index contributed by atoms with van der Waals surface area (Å²) in [5, 5.41) is 0. The van der Waals surface area contributed by atoms with Crippen molar-refractivity contribution in [3.05, 3.63) is 34.3 Å². The highest BCUT2D eigenvalue weighted by atomic mass is 79.9. The van der Waals surface area contributed by atoms with E-state index in [1.54, 1.807) is 0 Å². The number of hydrogen-bond acceptors (Lipinski definition) is 2. The molecule has 0 spiro atoms. The smallest absolute Gasteiger partial charge is 0.162 e. The Bertz CT molecular complexity index is 361. The van der Waals surface area contributed by atoms with Crippen LogP contribution < -0.4 is 0 Å². The highest BCUT2D eigenvalue weighted by Gasteiger charge is 2.07. The van der Waals surface area contributed by atoms with Crippen LogP contribution in [0.3, 0.4) is 0 Å². The molecule has 0 bridgehead atoms. The molecule has 0 aliphatic heterocycles. The molecule has 0 heterocycles. The van der Waals surface area contributed by atoms with E-state index in [1.165, 1.54) is 6.42 Å². The van der Waals surface area contributed by atoms with Gasteiger partial charge in [0.2, 0.25) is 0 Å². The van der Waals surface area contributed by atoms with Crippen molar-refractivity contribution in [2.24, 2.45) is 0 Å². The molecule has 0 aliphatic carbocycles. The Hall–Kier alpha value is -0.670. The SMILES string of the molecule is CCCN(CC)CCCC(=O)c1ccc(Br)cc1. The molecule has 0 atom stereocenters. The van der Waals surface area contributed by atoms with E-state index in [0.29, 0.717) is 6.42 Å². The first-order valence-corrected chi connectivity index (χ1v) is 7.47. The van der Waals surface area contributed by atoms with Crippen molar-refractivity contribution in [1.29, 1.82) is 0 Å². The second kappa shape index (κ2) is 8.44. The minimum atomic E-state index is 0.245. The average Bonchev–Trinajstić information content (AvgIpc) is 2.38. The zero-order chi connectivity index (χ0) is 13.4. The summed E-state index contributed by atoms with van der Waals surface area (Å²) >= 11 is 3.37. The molecule has 1 aromatic carbocycles. The van der Waals surface area contributed by atoms with Gasteiger partial charge < -0.3 is 4.90 Å². The van der Waals surface area contributed by atoms with E-state index in [9.17, 15) is 4.79 Å². The first-order valence-electron chi connectivity index (χ1n) is 6.68. The maximum absolute atomic E-state index is 11.9. The zero-order valence-corrected chi connectivity index (χ0v) is 12.9. The first kappa shape index (κ1) is 15.4. The largest absolute Gasteiger partial charge is 0.304 e. The number of ketones is 1. The number of rotatable bonds is 8. The van der Waals surface area contributed by atoms with E-state index in [4.69, 9.17) is 0 Å². The van der Waals surface area contributed by atoms with Crippen LogP contribution in [-0.2, 0) is 0 Å². The van der Waals surface area contributed by atoms with Crippen molar-refractivity contribution in [1.82, 2.24) is 4.90 Å². The fourth-order valence-corrected chi connectivity index (χ4v) is 2.25. The quantitative estimate of drug-likeness (QED) is 0.672. The number of carbonyl (C=O) groups excluding carboxylic acids is 1. The summed E-state index contributed by atoms with van der Waals surface area (Å²) in [6, 6.07) is 7.61. The Balaban J connectivity index is 2.35. The Morgan fingerprint density at radius 3 is 2.39 bits per heavy atom. The van der Waals surface area contributed by atoms with Crippen LogP contribution in [0.4, 0.5) is 0 Å². The second-order valence-corrected chi connectivity index (χ2v) is 5.38. The van der Waals surface area contributed by atoms with Gasteiger partial charge in [-0.3, -0.25) is 4.79 Å². The van der Waals surface area contributed by atoms with Gasteiger partial charge in [0.25, 0.3) is 0 Å². The molecule has 2 nitrogen and oxygen atoms in total. The Kier molecular flexibility index (Phi) is 7.21. The van der Waals surface area contributed by atoms with Crippen LogP contribution >= 0.6 is 15.9 Å². The van der Waals surface area contributed by atoms with E-state index in [0.717, 1.165) is 36.1 Å². The number of carbonyl (C=O) groups is 1. The monoisotopic (exact) mass is 311 g/mol. The van der Waals surface area contributed by atoms with Crippen LogP contribution in [0.1, 0.15) is 43.5 Å². The molecule has 0 aliphatic rings. The van der Waals surface area contributed by atoms with Gasteiger partial charge in [0, 0.05) is 16.5 Å². The summed E-state index contributed by atoms with van der Waals surface area (Å²) in [7, 11) is 0. The molecule has 1 aromatic rings. The lowest BCUT2D eigenvalue weighted by atomic mass is 10.1. The minimum absolute atomic E-state index is 0.245. The van der Waals surface area contributed by atoms with E-state index in [2.05, 4.69) is 34.7 Å². The predicted molar refractivity (Wildman–Crippen MR) is 80.1 cm³/mol. The Morgan fingerprint density at radius 1 is 1.17 bits per heavy atom. The van der Waals surface area contributed by atoms with E-state index >= 15 is 0 Å². The van der Waals surface area contributed by atoms with Crippen LogP contribution in [0.25, 0.3) is 0 Å². The van der Waals surface area contributed by atoms with Gasteiger partial charge in [-0.1, -0.05) is 41.9 Å². The fraction of sp³-hybridized carbons (Fsp3) is 0.533. The lowest BCUT2D eigenvalue weighted by Crippen LogP contribution is -2.25. The molecule has 3 heteroatoms. The summed E-state index contributed by atoms with van der Waals surface area (Å²) in [6.07, 6.45) is 2.76. The van der Waals surface area contributed by atoms with Crippen LogP contribution in [0.15, 0.2) is 28.7 Å². The van der Waals surface area contributed by atoms with Gasteiger partial charge >= 0.3 is 0 Å². The maximum Gasteiger partial charge on any atom is 0.162 e. The van der Waals surface area contributed by atoms with Gasteiger partial charge in [0.1, 0.15) is 0 Å². The van der Waals surface area contributed by atoms with Crippen molar-refractivity contribution in [3.8, 4) is 0 Å². The summed E-state index contributed by atoms with van der Waals surface area (Å²) < 4.78 is 1.01. The van der Waals surface area contributed by atoms with E-state index in [-0.39, 0.29) is 5.78 Å². The van der Waals surface area contributed by atoms with Gasteiger partial charge in [0.05, 0.1) is 0 Å². The van der Waals surface area contributed by atoms with Crippen LogP contribution in [-0.4, -0.2) is 30.3 Å². The van der Waals surface area contributed by atoms with Gasteiger partial charge in [-0.15, -0.1) is 0 Å². The molecule has 18 heavy (non-hydrogen) atoms. The first-order chi connectivity index (χ1) is 8.67. The molecule has 0 unspecified atom stereocenters. The lowest BCUT2D eigenvalue weighted by molar-refractivity contribution is 0.0975. The molecular formula is C15H22BrNO. The zero-order valence-electron chi connectivity index (χ0n) is 11.3. The highest BCUT2D eigenvalue weighted by molar-refractivity contribution is 9.10. The van der Waals surface area contributed by atoms with Crippen molar-refractivity contribution < 1.29 is 4.79 Å². The predicted octanol–water partition coefficient (Wildman–Crippen LogP) is 4.14. The van der Waals surface area contributed by atoms with Crippen molar-refractivity contribution in [3.63, 3.8) is 0 Å². The van der Waals surface area contributed by atoms with E-state index < -0.39 is 0 Å². The number of hydrogen-bond donors (Lipinski definition) is 0. The third-order valence-electron chi connectivity index (χ3n) is 3.03. The molecule has 1 rings (SSSR count). The topological polar surface area (TPSA) is 20.3 Å². The van der Waals surface area contributed by atoms with Gasteiger partial charge in [-0.2, -0.15) is 0 Å². The molecular weight excluding hydrogens is 290 g/mol. The van der Waals surface area contributed by atoms with Gasteiger partial charge in [0.15, 0.2) is 5.78 Å². The molecule has 0 saturated carbocycles. The molecule has 0 radical (unpaired) electrons. The molecule has 100 valence electrons. The molecule has 0 amide bonds. The third-order valence-corrected chi connectivity index (χ3v) is 3.56. The van der Waals surface area contributed by atoms with Crippen LogP contribution in [0.5, 0.6) is 0 Å². The number of nitrogens with zero attached hydrogens (tertiary/aromatic N) is 1. The fourth-order valence-electron chi connectivity index (χ4n) is 1.99. The molecule has 0 saturated heterocycles. The van der Waals surface area contributed by atoms with Gasteiger partial charge in [-0.25, -0.2) is 0 Å². The normalized spacial score (nSPS) is 10.9. The Morgan fingerprint density at radius 2 is 1.83 bits per heavy atom. The van der Waals surface area contributed by atoms with Crippen molar-refractivity contribution in [2.45, 2.75) is 33.1 Å². The molecule has 0 N–H and O–H groups in total. The summed E-state index contributed by atoms with van der Waals surface area (Å²) in [4.78, 5) is 14.3. The van der Waals surface area contributed by atoms with E-state index in [1.807, 2.05) is 24.3 Å². The average molecular weight is 312 g/mol. The van der Waals surface area contributed by atoms with Crippen molar-refractivity contribution in [2.75, 3.05) is 19.6 Å². The van der Waals surface area contributed by atoms with Crippen LogP contribution in [0, 0.1) is 0 Å². The highest BCUT2D eigenvalue weighted by Crippen LogP contribution is 2.12. The standard InChI is InChI=1S/C15H22BrNO/c1-3-11-17(4-2)12-5-6-15(18)13-7-9-14(16)10-8-13/h7-10H,3-6,11-12H2,1-2H3. The minimum Gasteiger partial charge on any atom is -0.304 e. The summed E-state index contributed by atoms with van der Waals surface area (Å²) in [5.41, 5.74) is 0.816. The number of Topliss-reactive ketones (excluding diaryl/α,β-unsaturated/α-hetero) is 1. The molecule has 0 fully saturated rings. The lowest BCUT2D eigenvalue weighted by Gasteiger charge is -2.18. The summed E-state index contributed by atoms with van der Waals surface area (Å²) in [5.74, 6) is 0.245.